The fourth-order valence-corrected chi connectivity index (χ4v) is 3.73. The number of carboxylic acids is 1. The second kappa shape index (κ2) is 9.93. The number of rotatable bonds is 9. The van der Waals surface area contributed by atoms with Crippen molar-refractivity contribution in [3.63, 3.8) is 0 Å². The van der Waals surface area contributed by atoms with E-state index in [1.54, 1.807) is 24.3 Å². The number of likely N-dealkylation sites (tertiary alicyclic amines) is 1. The van der Waals surface area contributed by atoms with Crippen LogP contribution in [0.25, 0.3) is 5.76 Å². The number of hydrogen-bond acceptors (Lipinski definition) is 5. The van der Waals surface area contributed by atoms with Crippen LogP contribution in [0.2, 0.25) is 0 Å². The number of aliphatic hydroxyl groups is 1. The molecule has 7 heteroatoms. The first-order valence-electron chi connectivity index (χ1n) is 10.1. The average molecular weight is 423 g/mol. The smallest absolute Gasteiger partial charge is 0.303 e. The molecule has 0 spiro atoms. The van der Waals surface area contributed by atoms with E-state index in [0.29, 0.717) is 37.1 Å². The molecule has 7 nitrogen and oxygen atoms in total. The van der Waals surface area contributed by atoms with Gasteiger partial charge in [0.1, 0.15) is 11.5 Å². The van der Waals surface area contributed by atoms with E-state index in [1.165, 1.54) is 12.0 Å². The number of benzene rings is 2. The predicted molar refractivity (Wildman–Crippen MR) is 115 cm³/mol. The lowest BCUT2D eigenvalue weighted by atomic mass is 9.95. The summed E-state index contributed by atoms with van der Waals surface area (Å²) in [7, 11) is 1.53. The highest BCUT2D eigenvalue weighted by atomic mass is 16.5. The Morgan fingerprint density at radius 1 is 0.968 bits per heavy atom. The van der Waals surface area contributed by atoms with Crippen molar-refractivity contribution in [2.45, 2.75) is 31.7 Å². The van der Waals surface area contributed by atoms with Gasteiger partial charge in [0.15, 0.2) is 0 Å². The van der Waals surface area contributed by atoms with Crippen LogP contribution in [0.15, 0.2) is 60.2 Å². The van der Waals surface area contributed by atoms with Gasteiger partial charge in [-0.05, 0) is 42.7 Å². The van der Waals surface area contributed by atoms with Crippen molar-refractivity contribution in [2.24, 2.45) is 0 Å². The topological polar surface area (TPSA) is 104 Å². The van der Waals surface area contributed by atoms with Gasteiger partial charge < -0.3 is 19.8 Å². The lowest BCUT2D eigenvalue weighted by Crippen LogP contribution is -2.30. The number of carboxylic acid groups (broad SMARTS) is 1. The molecule has 1 saturated heterocycles. The molecule has 1 aliphatic rings. The van der Waals surface area contributed by atoms with E-state index in [1.807, 2.05) is 30.3 Å². The molecule has 1 fully saturated rings. The summed E-state index contributed by atoms with van der Waals surface area (Å²) in [6, 6.07) is 15.0. The van der Waals surface area contributed by atoms with Crippen LogP contribution in [0, 0.1) is 0 Å². The standard InChI is InChI=1S/C24H25NO6/c1-31-18-13-11-17(12-14-18)22(28)20-21(16-8-4-2-5-9-16)25(24(30)23(20)29)15-7-3-6-10-19(26)27/h2,4-5,8-9,11-14,21,28H,3,6-7,10,15H2,1H3,(H,26,27)/b22-20-. The Kier molecular flexibility index (Phi) is 7.07. The maximum atomic E-state index is 12.9. The van der Waals surface area contributed by atoms with Crippen molar-refractivity contribution in [3.05, 3.63) is 71.3 Å². The number of aliphatic hydroxyl groups excluding tert-OH is 1. The first-order chi connectivity index (χ1) is 14.9. The number of Topliss-reactive ketones (excluding diaryl/α,β-unsaturated/α-hetero) is 1. The molecule has 1 unspecified atom stereocenters. The van der Waals surface area contributed by atoms with E-state index in [0.717, 1.165) is 5.56 Å². The second-order valence-electron chi connectivity index (χ2n) is 7.34. The fraction of sp³-hybridized carbons (Fsp3) is 0.292. The summed E-state index contributed by atoms with van der Waals surface area (Å²) in [5.74, 6) is -1.87. The van der Waals surface area contributed by atoms with Crippen molar-refractivity contribution in [3.8, 4) is 5.75 Å². The summed E-state index contributed by atoms with van der Waals surface area (Å²) < 4.78 is 5.14. The lowest BCUT2D eigenvalue weighted by molar-refractivity contribution is -0.140. The SMILES string of the molecule is COc1ccc(/C(O)=C2/C(=O)C(=O)N(CCCCCC(=O)O)C2c2ccccc2)cc1. The predicted octanol–water partition coefficient (Wildman–Crippen LogP) is 3.76. The minimum absolute atomic E-state index is 0.0481. The quantitative estimate of drug-likeness (QED) is 0.275. The molecular formula is C24H25NO6. The molecule has 1 amide bonds. The number of hydrogen-bond donors (Lipinski definition) is 2. The molecule has 1 aliphatic heterocycles. The van der Waals surface area contributed by atoms with Gasteiger partial charge in [-0.25, -0.2) is 0 Å². The molecule has 1 atom stereocenters. The largest absolute Gasteiger partial charge is 0.507 e. The van der Waals surface area contributed by atoms with Crippen LogP contribution in [-0.4, -0.2) is 46.4 Å². The summed E-state index contributed by atoms with van der Waals surface area (Å²) in [5, 5.41) is 19.7. The molecule has 2 aromatic rings. The highest BCUT2D eigenvalue weighted by molar-refractivity contribution is 6.46. The Morgan fingerprint density at radius 2 is 1.65 bits per heavy atom. The van der Waals surface area contributed by atoms with Gasteiger partial charge in [0.25, 0.3) is 11.7 Å². The van der Waals surface area contributed by atoms with E-state index in [9.17, 15) is 19.5 Å². The summed E-state index contributed by atoms with van der Waals surface area (Å²) in [5.41, 5.74) is 1.19. The van der Waals surface area contributed by atoms with Crippen LogP contribution < -0.4 is 4.74 Å². The molecule has 2 aromatic carbocycles. The van der Waals surface area contributed by atoms with Gasteiger partial charge in [-0.15, -0.1) is 0 Å². The number of methoxy groups -OCH3 is 1. The first kappa shape index (κ1) is 22.1. The fourth-order valence-electron chi connectivity index (χ4n) is 3.73. The number of nitrogens with zero attached hydrogens (tertiary/aromatic N) is 1. The summed E-state index contributed by atoms with van der Waals surface area (Å²) in [6.45, 7) is 0.295. The number of ether oxygens (including phenoxy) is 1. The Labute approximate surface area is 180 Å². The van der Waals surface area contributed by atoms with Crippen molar-refractivity contribution < 1.29 is 29.3 Å². The number of ketones is 1. The molecule has 1 heterocycles. The highest BCUT2D eigenvalue weighted by Gasteiger charge is 2.45. The van der Waals surface area contributed by atoms with Crippen LogP contribution in [0.4, 0.5) is 0 Å². The maximum Gasteiger partial charge on any atom is 0.303 e. The number of aliphatic carboxylic acids is 1. The molecule has 0 bridgehead atoms. The van der Waals surface area contributed by atoms with E-state index in [2.05, 4.69) is 0 Å². The Bertz CT molecular complexity index is 981. The molecule has 2 N–H and O–H groups in total. The van der Waals surface area contributed by atoms with E-state index < -0.39 is 23.7 Å². The number of unbranched alkanes of at least 4 members (excludes halogenated alkanes) is 2. The molecule has 31 heavy (non-hydrogen) atoms. The minimum Gasteiger partial charge on any atom is -0.507 e. The number of amides is 1. The van der Waals surface area contributed by atoms with E-state index >= 15 is 0 Å². The zero-order chi connectivity index (χ0) is 22.4. The normalized spacial score (nSPS) is 17.7. The van der Waals surface area contributed by atoms with Gasteiger partial charge in [-0.1, -0.05) is 36.8 Å². The third-order valence-corrected chi connectivity index (χ3v) is 5.31. The van der Waals surface area contributed by atoms with Crippen molar-refractivity contribution >= 4 is 23.4 Å². The number of carbonyl (C=O) groups excluding carboxylic acids is 2. The molecule has 0 radical (unpaired) electrons. The van der Waals surface area contributed by atoms with Crippen LogP contribution in [0.3, 0.4) is 0 Å². The van der Waals surface area contributed by atoms with Gasteiger partial charge in [0.2, 0.25) is 0 Å². The molecular weight excluding hydrogens is 398 g/mol. The van der Waals surface area contributed by atoms with Crippen LogP contribution >= 0.6 is 0 Å². The van der Waals surface area contributed by atoms with Gasteiger partial charge in [-0.3, -0.25) is 14.4 Å². The van der Waals surface area contributed by atoms with Gasteiger partial charge in [0, 0.05) is 18.5 Å². The highest BCUT2D eigenvalue weighted by Crippen LogP contribution is 2.39. The monoisotopic (exact) mass is 423 g/mol. The third kappa shape index (κ3) is 4.94. The molecule has 3 rings (SSSR count). The maximum absolute atomic E-state index is 12.9. The summed E-state index contributed by atoms with van der Waals surface area (Å²) >= 11 is 0. The first-order valence-corrected chi connectivity index (χ1v) is 10.1. The third-order valence-electron chi connectivity index (χ3n) is 5.31. The summed E-state index contributed by atoms with van der Waals surface area (Å²) in [4.78, 5) is 37.9. The van der Waals surface area contributed by atoms with Gasteiger partial charge in [0.05, 0.1) is 18.7 Å². The van der Waals surface area contributed by atoms with Crippen LogP contribution in [-0.2, 0) is 14.4 Å². The van der Waals surface area contributed by atoms with Gasteiger partial charge in [-0.2, -0.15) is 0 Å². The zero-order valence-corrected chi connectivity index (χ0v) is 17.3. The van der Waals surface area contributed by atoms with E-state index in [4.69, 9.17) is 9.84 Å². The lowest BCUT2D eigenvalue weighted by Gasteiger charge is -2.25. The van der Waals surface area contributed by atoms with Crippen molar-refractivity contribution in [1.29, 1.82) is 0 Å². The van der Waals surface area contributed by atoms with Crippen LogP contribution in [0.1, 0.15) is 42.9 Å². The van der Waals surface area contributed by atoms with Crippen LogP contribution in [0.5, 0.6) is 5.75 Å². The van der Waals surface area contributed by atoms with E-state index in [-0.39, 0.29) is 17.8 Å². The van der Waals surface area contributed by atoms with Crippen molar-refractivity contribution in [1.82, 2.24) is 4.90 Å². The summed E-state index contributed by atoms with van der Waals surface area (Å²) in [6.07, 6.45) is 1.75. The van der Waals surface area contributed by atoms with Crippen molar-refractivity contribution in [2.75, 3.05) is 13.7 Å². The second-order valence-corrected chi connectivity index (χ2v) is 7.34. The number of carbonyl (C=O) groups is 3. The van der Waals surface area contributed by atoms with Gasteiger partial charge >= 0.3 is 5.97 Å². The molecule has 0 saturated carbocycles. The zero-order valence-electron chi connectivity index (χ0n) is 17.3. The molecule has 0 aromatic heterocycles. The Balaban J connectivity index is 1.94. The molecule has 0 aliphatic carbocycles. The minimum atomic E-state index is -0.857. The Morgan fingerprint density at radius 3 is 2.26 bits per heavy atom. The average Bonchev–Trinajstić information content (AvgIpc) is 3.03. The molecule has 162 valence electrons. The Hall–Kier alpha value is -3.61.